The summed E-state index contributed by atoms with van der Waals surface area (Å²) in [7, 11) is 0. The van der Waals surface area contributed by atoms with E-state index in [1.54, 1.807) is 11.3 Å². The molecule has 0 atom stereocenters. The van der Waals surface area contributed by atoms with Gasteiger partial charge in [-0.2, -0.15) is 0 Å². The first-order valence-corrected chi connectivity index (χ1v) is 7.50. The first-order valence-electron chi connectivity index (χ1n) is 3.38. The van der Waals surface area contributed by atoms with E-state index in [1.165, 1.54) is 0 Å². The van der Waals surface area contributed by atoms with Crippen molar-refractivity contribution < 1.29 is 21.2 Å². The Bertz CT molecular complexity index is 412. The number of aryl methyl sites for hydroxylation is 1. The molecule has 2 rings (SSSR count). The fourth-order valence-corrected chi connectivity index (χ4v) is 2.91. The van der Waals surface area contributed by atoms with Gasteiger partial charge in [-0.05, 0) is 0 Å². The Morgan fingerprint density at radius 1 is 1.42 bits per heavy atom. The normalized spacial score (nSPS) is 11.2. The van der Waals surface area contributed by atoms with Gasteiger partial charge in [-0.15, -0.1) is 0 Å². The number of fused-ring (bicyclic) bond motifs is 1. The zero-order valence-electron chi connectivity index (χ0n) is 6.71. The van der Waals surface area contributed by atoms with Crippen molar-refractivity contribution in [3.8, 4) is 0 Å². The topological polar surface area (TPSA) is 38.7 Å². The van der Waals surface area contributed by atoms with Crippen LogP contribution in [0.25, 0.3) is 10.3 Å². The molecule has 0 aromatic carbocycles. The van der Waals surface area contributed by atoms with Gasteiger partial charge in [-0.1, -0.05) is 0 Å². The average Bonchev–Trinajstić information content (AvgIpc) is 2.52. The van der Waals surface area contributed by atoms with Gasteiger partial charge in [0.25, 0.3) is 0 Å². The van der Waals surface area contributed by atoms with E-state index in [2.05, 4.69) is 19.9 Å². The summed E-state index contributed by atoms with van der Waals surface area (Å²) in [5, 5.41) is 0. The molecule has 3 nitrogen and oxygen atoms in total. The van der Waals surface area contributed by atoms with Crippen molar-refractivity contribution in [3.63, 3.8) is 0 Å². The number of aromatic nitrogens is 3. The SMILES string of the molecule is C[I-]c1nc(C)c2ncsc2n1. The third kappa shape index (κ3) is 1.31. The minimum atomic E-state index is -0.00641. The molecule has 12 heavy (non-hydrogen) atoms. The average molecular weight is 292 g/mol. The molecule has 0 amide bonds. The van der Waals surface area contributed by atoms with E-state index in [4.69, 9.17) is 0 Å². The summed E-state index contributed by atoms with van der Waals surface area (Å²) in [5.74, 6) is 0. The molecule has 64 valence electrons. The van der Waals surface area contributed by atoms with Crippen LogP contribution >= 0.6 is 11.3 Å². The predicted octanol–water partition coefficient (Wildman–Crippen LogP) is -1.72. The predicted molar refractivity (Wildman–Crippen MR) is 44.6 cm³/mol. The second-order valence-electron chi connectivity index (χ2n) is 2.27. The first kappa shape index (κ1) is 8.31. The molecule has 0 saturated heterocycles. The van der Waals surface area contributed by atoms with Crippen LogP contribution in [0.1, 0.15) is 5.69 Å². The number of thiazole rings is 1. The summed E-state index contributed by atoms with van der Waals surface area (Å²) in [4.78, 5) is 16.2. The third-order valence-electron chi connectivity index (χ3n) is 1.51. The molecule has 2 heterocycles. The van der Waals surface area contributed by atoms with Crippen LogP contribution in [0.5, 0.6) is 0 Å². The van der Waals surface area contributed by atoms with Crippen molar-refractivity contribution >= 4 is 21.7 Å². The monoisotopic (exact) mass is 292 g/mol. The first-order chi connectivity index (χ1) is 5.81. The molecule has 0 aliphatic carbocycles. The van der Waals surface area contributed by atoms with E-state index in [0.29, 0.717) is 0 Å². The summed E-state index contributed by atoms with van der Waals surface area (Å²) in [6, 6.07) is 0. The van der Waals surface area contributed by atoms with Crippen molar-refractivity contribution in [1.82, 2.24) is 15.0 Å². The Hall–Kier alpha value is -0.300. The van der Waals surface area contributed by atoms with Gasteiger partial charge < -0.3 is 0 Å². The number of alkyl halides is 1. The summed E-state index contributed by atoms with van der Waals surface area (Å²) in [6.07, 6.45) is 0. The van der Waals surface area contributed by atoms with Crippen LogP contribution in [-0.2, 0) is 0 Å². The Morgan fingerprint density at radius 3 is 3.00 bits per heavy atom. The van der Waals surface area contributed by atoms with Crippen molar-refractivity contribution in [2.45, 2.75) is 6.92 Å². The Balaban J connectivity index is 2.75. The van der Waals surface area contributed by atoms with Gasteiger partial charge in [0, 0.05) is 0 Å². The number of rotatable bonds is 1. The molecule has 0 aliphatic heterocycles. The molecular weight excluding hydrogens is 285 g/mol. The van der Waals surface area contributed by atoms with Crippen LogP contribution in [0, 0.1) is 10.8 Å². The summed E-state index contributed by atoms with van der Waals surface area (Å²) >= 11 is 1.58. The number of nitrogens with zero attached hydrogens (tertiary/aromatic N) is 3. The zero-order chi connectivity index (χ0) is 8.55. The van der Waals surface area contributed by atoms with Crippen LogP contribution in [0.3, 0.4) is 0 Å². The van der Waals surface area contributed by atoms with Gasteiger partial charge in [0.05, 0.1) is 0 Å². The molecule has 0 fully saturated rings. The van der Waals surface area contributed by atoms with Gasteiger partial charge in [0.1, 0.15) is 0 Å². The van der Waals surface area contributed by atoms with Crippen molar-refractivity contribution in [2.75, 3.05) is 4.93 Å². The van der Waals surface area contributed by atoms with Gasteiger partial charge in [-0.3, -0.25) is 0 Å². The van der Waals surface area contributed by atoms with Crippen LogP contribution in [0.15, 0.2) is 5.51 Å². The van der Waals surface area contributed by atoms with Gasteiger partial charge >= 0.3 is 84.7 Å². The Morgan fingerprint density at radius 2 is 2.25 bits per heavy atom. The van der Waals surface area contributed by atoms with E-state index in [1.807, 2.05) is 12.4 Å². The molecule has 0 aliphatic rings. The van der Waals surface area contributed by atoms with Crippen LogP contribution in [-0.4, -0.2) is 19.9 Å². The van der Waals surface area contributed by atoms with Crippen LogP contribution < -0.4 is 21.2 Å². The summed E-state index contributed by atoms with van der Waals surface area (Å²) in [5.41, 5.74) is 3.79. The number of halogens is 1. The molecule has 2 aromatic heterocycles. The van der Waals surface area contributed by atoms with Gasteiger partial charge in [0.2, 0.25) is 0 Å². The van der Waals surface area contributed by atoms with E-state index in [9.17, 15) is 0 Å². The fraction of sp³-hybridized carbons (Fsp3) is 0.286. The summed E-state index contributed by atoms with van der Waals surface area (Å²) in [6.45, 7) is 1.99. The van der Waals surface area contributed by atoms with E-state index in [0.717, 1.165) is 19.9 Å². The minimum absolute atomic E-state index is 0.00641. The molecule has 0 unspecified atom stereocenters. The quantitative estimate of drug-likeness (QED) is 0.357. The second kappa shape index (κ2) is 3.21. The van der Waals surface area contributed by atoms with Crippen molar-refractivity contribution in [2.24, 2.45) is 0 Å². The molecule has 5 heteroatoms. The van der Waals surface area contributed by atoms with Crippen LogP contribution in [0.2, 0.25) is 0 Å². The molecule has 0 spiro atoms. The van der Waals surface area contributed by atoms with Crippen LogP contribution in [0.4, 0.5) is 0 Å². The molecule has 0 saturated carbocycles. The van der Waals surface area contributed by atoms with E-state index >= 15 is 0 Å². The van der Waals surface area contributed by atoms with Crippen molar-refractivity contribution in [3.05, 3.63) is 15.0 Å². The number of hydrogen-bond donors (Lipinski definition) is 0. The molecule has 0 radical (unpaired) electrons. The molecule has 0 bridgehead atoms. The number of hydrogen-bond acceptors (Lipinski definition) is 4. The van der Waals surface area contributed by atoms with Crippen molar-refractivity contribution in [1.29, 1.82) is 0 Å². The zero-order valence-corrected chi connectivity index (χ0v) is 9.68. The summed E-state index contributed by atoms with van der Waals surface area (Å²) < 4.78 is 1.02. The standard InChI is InChI=1S/C7H7IN3S/c1-4-5-6(12-3-9-5)11-7(8-2)10-4/h3H,1-2H3/q-1. The third-order valence-corrected chi connectivity index (χ3v) is 3.68. The maximum absolute atomic E-state index is 4.41. The fourth-order valence-electron chi connectivity index (χ4n) is 0.952. The molecule has 2 aromatic rings. The Kier molecular flexibility index (Phi) is 2.22. The van der Waals surface area contributed by atoms with E-state index in [-0.39, 0.29) is 21.2 Å². The second-order valence-corrected chi connectivity index (χ2v) is 5.15. The Labute approximate surface area is 84.5 Å². The molecule has 0 N–H and O–H groups in total. The van der Waals surface area contributed by atoms with Gasteiger partial charge in [-0.25, -0.2) is 0 Å². The van der Waals surface area contributed by atoms with E-state index < -0.39 is 0 Å². The molecular formula is C7H7IN3S-. The van der Waals surface area contributed by atoms with Gasteiger partial charge in [0.15, 0.2) is 0 Å². The maximum atomic E-state index is 4.41.